The Morgan fingerprint density at radius 3 is 2.57 bits per heavy atom. The lowest BCUT2D eigenvalue weighted by Crippen LogP contribution is -2.12. The lowest BCUT2D eigenvalue weighted by Gasteiger charge is -2.06. The molecule has 0 aliphatic rings. The molecule has 0 unspecified atom stereocenters. The van der Waals surface area contributed by atoms with E-state index >= 15 is 0 Å². The number of hydrogen-bond donors (Lipinski definition) is 3. The van der Waals surface area contributed by atoms with Crippen molar-refractivity contribution in [3.05, 3.63) is 89.6 Å². The van der Waals surface area contributed by atoms with E-state index in [-0.39, 0.29) is 5.91 Å². The Kier molecular flexibility index (Phi) is 4.53. The molecule has 5 aromatic rings. The summed E-state index contributed by atoms with van der Waals surface area (Å²) in [4.78, 5) is 25.0. The first-order chi connectivity index (χ1) is 14.7. The summed E-state index contributed by atoms with van der Waals surface area (Å²) in [6, 6.07) is 22.3. The molecule has 1 amide bonds. The predicted octanol–water partition coefficient (Wildman–Crippen LogP) is 5.76. The van der Waals surface area contributed by atoms with E-state index in [1.165, 1.54) is 0 Å². The van der Waals surface area contributed by atoms with Crippen molar-refractivity contribution in [3.63, 3.8) is 0 Å². The van der Waals surface area contributed by atoms with Crippen LogP contribution in [0.25, 0.3) is 21.8 Å². The van der Waals surface area contributed by atoms with Gasteiger partial charge in [0, 0.05) is 22.3 Å². The lowest BCUT2D eigenvalue weighted by molar-refractivity contribution is 0.102. The van der Waals surface area contributed by atoms with Crippen LogP contribution in [0.15, 0.2) is 79.0 Å². The number of halogens is 1. The summed E-state index contributed by atoms with van der Waals surface area (Å²) in [5.74, 6) is 0.946. The maximum absolute atomic E-state index is 12.8. The SMILES string of the molecule is O=C(Nc1ccc(Cl)cc1)c1cccc2nc(Nc3cc4ccccc4cn3)[nH]c12. The van der Waals surface area contributed by atoms with E-state index in [9.17, 15) is 4.79 Å². The van der Waals surface area contributed by atoms with Crippen LogP contribution >= 0.6 is 11.6 Å². The van der Waals surface area contributed by atoms with Gasteiger partial charge in [0.05, 0.1) is 16.6 Å². The molecule has 6 nitrogen and oxygen atoms in total. The van der Waals surface area contributed by atoms with Gasteiger partial charge in [0.25, 0.3) is 5.91 Å². The van der Waals surface area contributed by atoms with Gasteiger partial charge in [-0.1, -0.05) is 41.9 Å². The van der Waals surface area contributed by atoms with Crippen LogP contribution in [-0.2, 0) is 0 Å². The molecule has 5 rings (SSSR count). The highest BCUT2D eigenvalue weighted by Gasteiger charge is 2.14. The van der Waals surface area contributed by atoms with Crippen molar-refractivity contribution in [2.24, 2.45) is 0 Å². The van der Waals surface area contributed by atoms with Crippen molar-refractivity contribution >= 4 is 56.8 Å². The Labute approximate surface area is 176 Å². The molecule has 0 fully saturated rings. The molecule has 3 N–H and O–H groups in total. The number of benzene rings is 3. The number of H-pyrrole nitrogens is 1. The second kappa shape index (κ2) is 7.50. The number of rotatable bonds is 4. The van der Waals surface area contributed by atoms with Crippen molar-refractivity contribution < 1.29 is 4.79 Å². The fraction of sp³-hybridized carbons (Fsp3) is 0. The van der Waals surface area contributed by atoms with E-state index in [2.05, 4.69) is 25.6 Å². The molecule has 3 aromatic carbocycles. The topological polar surface area (TPSA) is 82.7 Å². The van der Waals surface area contributed by atoms with Crippen molar-refractivity contribution in [2.75, 3.05) is 10.6 Å². The number of para-hydroxylation sites is 1. The van der Waals surface area contributed by atoms with Gasteiger partial charge in [-0.3, -0.25) is 4.79 Å². The van der Waals surface area contributed by atoms with Crippen molar-refractivity contribution in [1.82, 2.24) is 15.0 Å². The Hall–Kier alpha value is -3.90. The van der Waals surface area contributed by atoms with Crippen LogP contribution in [0.1, 0.15) is 10.4 Å². The van der Waals surface area contributed by atoms with Gasteiger partial charge in [0.1, 0.15) is 5.82 Å². The summed E-state index contributed by atoms with van der Waals surface area (Å²) in [5.41, 5.74) is 2.49. The summed E-state index contributed by atoms with van der Waals surface area (Å²) in [6.07, 6.45) is 1.81. The fourth-order valence-electron chi connectivity index (χ4n) is 3.28. The van der Waals surface area contributed by atoms with Crippen molar-refractivity contribution in [3.8, 4) is 0 Å². The first-order valence-electron chi connectivity index (χ1n) is 9.33. The monoisotopic (exact) mass is 413 g/mol. The van der Waals surface area contributed by atoms with Gasteiger partial charge in [-0.2, -0.15) is 0 Å². The van der Waals surface area contributed by atoms with Gasteiger partial charge < -0.3 is 15.6 Å². The Morgan fingerprint density at radius 2 is 1.73 bits per heavy atom. The van der Waals surface area contributed by atoms with Crippen molar-refractivity contribution in [2.45, 2.75) is 0 Å². The van der Waals surface area contributed by atoms with Gasteiger partial charge in [-0.15, -0.1) is 0 Å². The molecule has 0 saturated heterocycles. The van der Waals surface area contributed by atoms with Gasteiger partial charge in [0.15, 0.2) is 0 Å². The number of amides is 1. The zero-order valence-corrected chi connectivity index (χ0v) is 16.4. The van der Waals surface area contributed by atoms with E-state index < -0.39 is 0 Å². The number of pyridine rings is 1. The average Bonchev–Trinajstić information content (AvgIpc) is 3.17. The number of aromatic nitrogens is 3. The minimum atomic E-state index is -0.234. The van der Waals surface area contributed by atoms with Gasteiger partial charge >= 0.3 is 0 Å². The highest BCUT2D eigenvalue weighted by molar-refractivity contribution is 6.30. The molecule has 30 heavy (non-hydrogen) atoms. The number of hydrogen-bond acceptors (Lipinski definition) is 4. The Balaban J connectivity index is 1.43. The largest absolute Gasteiger partial charge is 0.323 e. The van der Waals surface area contributed by atoms with Crippen LogP contribution in [0.4, 0.5) is 17.5 Å². The molecule has 0 radical (unpaired) electrons. The van der Waals surface area contributed by atoms with Crippen LogP contribution < -0.4 is 10.6 Å². The second-order valence-electron chi connectivity index (χ2n) is 6.79. The highest BCUT2D eigenvalue weighted by Crippen LogP contribution is 2.23. The molecule has 0 atom stereocenters. The number of fused-ring (bicyclic) bond motifs is 2. The third-order valence-corrected chi connectivity index (χ3v) is 4.99. The highest BCUT2D eigenvalue weighted by atomic mass is 35.5. The molecule has 0 bridgehead atoms. The molecule has 0 aliphatic heterocycles. The second-order valence-corrected chi connectivity index (χ2v) is 7.22. The first kappa shape index (κ1) is 18.1. The molecule has 7 heteroatoms. The van der Waals surface area contributed by atoms with E-state index in [1.807, 2.05) is 42.6 Å². The number of nitrogens with one attached hydrogen (secondary N) is 3. The van der Waals surface area contributed by atoms with E-state index in [1.54, 1.807) is 36.4 Å². The number of imidazole rings is 1. The number of aromatic amines is 1. The molecule has 0 spiro atoms. The number of carbonyl (C=O) groups excluding carboxylic acids is 1. The van der Waals surface area contributed by atoms with Gasteiger partial charge in [-0.05, 0) is 47.9 Å². The number of nitrogens with zero attached hydrogens (tertiary/aromatic N) is 2. The van der Waals surface area contributed by atoms with Crippen LogP contribution in [0.2, 0.25) is 5.02 Å². The van der Waals surface area contributed by atoms with E-state index in [0.29, 0.717) is 39.1 Å². The standard InChI is InChI=1S/C23H16ClN5O/c24-16-8-10-17(11-9-16)26-22(30)18-6-3-7-19-21(18)29-23(27-19)28-20-12-14-4-1-2-5-15(14)13-25-20/h1-13H,(H,26,30)(H2,25,27,28,29). The smallest absolute Gasteiger partial charge is 0.257 e. The third-order valence-electron chi connectivity index (χ3n) is 4.74. The summed E-state index contributed by atoms with van der Waals surface area (Å²) >= 11 is 5.91. The Morgan fingerprint density at radius 1 is 0.933 bits per heavy atom. The maximum atomic E-state index is 12.8. The summed E-state index contributed by atoms with van der Waals surface area (Å²) in [7, 11) is 0. The third kappa shape index (κ3) is 3.56. The molecular weight excluding hydrogens is 398 g/mol. The predicted molar refractivity (Wildman–Crippen MR) is 121 cm³/mol. The van der Waals surface area contributed by atoms with E-state index in [0.717, 1.165) is 10.8 Å². The summed E-state index contributed by atoms with van der Waals surface area (Å²) in [6.45, 7) is 0. The minimum Gasteiger partial charge on any atom is -0.323 e. The average molecular weight is 414 g/mol. The molecular formula is C23H16ClN5O. The quantitative estimate of drug-likeness (QED) is 0.349. The fourth-order valence-corrected chi connectivity index (χ4v) is 3.41. The lowest BCUT2D eigenvalue weighted by atomic mass is 10.1. The summed E-state index contributed by atoms with van der Waals surface area (Å²) in [5, 5.41) is 8.82. The maximum Gasteiger partial charge on any atom is 0.257 e. The molecule has 0 aliphatic carbocycles. The van der Waals surface area contributed by atoms with Crippen molar-refractivity contribution in [1.29, 1.82) is 0 Å². The molecule has 0 saturated carbocycles. The van der Waals surface area contributed by atoms with Crippen LogP contribution in [0, 0.1) is 0 Å². The van der Waals surface area contributed by atoms with E-state index in [4.69, 9.17) is 11.6 Å². The number of carbonyl (C=O) groups is 1. The van der Waals surface area contributed by atoms with Gasteiger partial charge in [0.2, 0.25) is 5.95 Å². The molecule has 146 valence electrons. The molecule has 2 aromatic heterocycles. The number of anilines is 3. The zero-order valence-electron chi connectivity index (χ0n) is 15.7. The normalized spacial score (nSPS) is 11.0. The summed E-state index contributed by atoms with van der Waals surface area (Å²) < 4.78 is 0. The first-order valence-corrected chi connectivity index (χ1v) is 9.71. The minimum absolute atomic E-state index is 0.234. The van der Waals surface area contributed by atoms with Crippen LogP contribution in [-0.4, -0.2) is 20.9 Å². The van der Waals surface area contributed by atoms with Crippen LogP contribution in [0.3, 0.4) is 0 Å². The van der Waals surface area contributed by atoms with Crippen LogP contribution in [0.5, 0.6) is 0 Å². The zero-order chi connectivity index (χ0) is 20.5. The molecule has 2 heterocycles. The Bertz CT molecular complexity index is 1380. The van der Waals surface area contributed by atoms with Gasteiger partial charge in [-0.25, -0.2) is 9.97 Å².